The van der Waals surface area contributed by atoms with E-state index in [4.69, 9.17) is 16.9 Å². The number of nitriles is 1. The Bertz CT molecular complexity index is 463. The van der Waals surface area contributed by atoms with Gasteiger partial charge in [-0.15, -0.1) is 0 Å². The van der Waals surface area contributed by atoms with E-state index in [0.29, 0.717) is 10.7 Å². The molecule has 0 saturated carbocycles. The van der Waals surface area contributed by atoms with Crippen molar-refractivity contribution >= 4 is 29.0 Å². The SMILES string of the molecule is CCOC(=O)/C(C#N)=N\Nc1ccc(Cl)cc1. The summed E-state index contributed by atoms with van der Waals surface area (Å²) in [7, 11) is 0. The molecule has 0 spiro atoms. The number of nitrogens with one attached hydrogen (secondary N) is 1. The van der Waals surface area contributed by atoms with E-state index in [-0.39, 0.29) is 12.3 Å². The summed E-state index contributed by atoms with van der Waals surface area (Å²) in [6.07, 6.45) is 0. The van der Waals surface area contributed by atoms with Crippen LogP contribution >= 0.6 is 11.6 Å². The molecular weight excluding hydrogens is 242 g/mol. The Morgan fingerprint density at radius 2 is 2.18 bits per heavy atom. The van der Waals surface area contributed by atoms with Gasteiger partial charge in [-0.25, -0.2) is 4.79 Å². The van der Waals surface area contributed by atoms with Crippen molar-refractivity contribution in [3.8, 4) is 6.07 Å². The lowest BCUT2D eigenvalue weighted by atomic mass is 10.3. The van der Waals surface area contributed by atoms with Crippen molar-refractivity contribution in [2.45, 2.75) is 6.92 Å². The molecule has 0 aromatic heterocycles. The first kappa shape index (κ1) is 13.0. The molecule has 1 aromatic carbocycles. The normalized spacial score (nSPS) is 10.5. The minimum Gasteiger partial charge on any atom is -0.461 e. The van der Waals surface area contributed by atoms with Crippen LogP contribution in [0.1, 0.15) is 6.92 Å². The monoisotopic (exact) mass is 251 g/mol. The lowest BCUT2D eigenvalue weighted by molar-refractivity contribution is -0.134. The van der Waals surface area contributed by atoms with Gasteiger partial charge in [-0.05, 0) is 31.2 Å². The predicted octanol–water partition coefficient (Wildman–Crippen LogP) is 2.19. The maximum absolute atomic E-state index is 11.2. The van der Waals surface area contributed by atoms with Crippen LogP contribution in [0.15, 0.2) is 29.4 Å². The van der Waals surface area contributed by atoms with Crippen LogP contribution in [0.3, 0.4) is 0 Å². The summed E-state index contributed by atoms with van der Waals surface area (Å²) < 4.78 is 4.65. The third kappa shape index (κ3) is 4.13. The lowest BCUT2D eigenvalue weighted by Crippen LogP contribution is -2.17. The Labute approximate surface area is 104 Å². The predicted molar refractivity (Wildman–Crippen MR) is 64.8 cm³/mol. The third-order valence-electron chi connectivity index (χ3n) is 1.72. The topological polar surface area (TPSA) is 74.5 Å². The molecule has 88 valence electrons. The smallest absolute Gasteiger partial charge is 0.369 e. The minimum atomic E-state index is -0.753. The van der Waals surface area contributed by atoms with Crippen LogP contribution in [0.25, 0.3) is 0 Å². The number of hydrogen-bond acceptors (Lipinski definition) is 5. The number of rotatable bonds is 4. The van der Waals surface area contributed by atoms with Crippen molar-refractivity contribution < 1.29 is 9.53 Å². The maximum atomic E-state index is 11.2. The summed E-state index contributed by atoms with van der Waals surface area (Å²) in [6, 6.07) is 8.33. The van der Waals surface area contributed by atoms with E-state index in [2.05, 4.69) is 15.3 Å². The molecule has 0 heterocycles. The molecule has 0 bridgehead atoms. The molecule has 0 aliphatic heterocycles. The van der Waals surface area contributed by atoms with Crippen LogP contribution in [0.5, 0.6) is 0 Å². The van der Waals surface area contributed by atoms with Gasteiger partial charge in [-0.3, -0.25) is 5.43 Å². The largest absolute Gasteiger partial charge is 0.461 e. The highest BCUT2D eigenvalue weighted by Gasteiger charge is 2.11. The first-order chi connectivity index (χ1) is 8.17. The second-order valence-electron chi connectivity index (χ2n) is 2.91. The highest BCUT2D eigenvalue weighted by Crippen LogP contribution is 2.13. The standard InChI is InChI=1S/C11H10ClN3O2/c1-2-17-11(16)10(7-13)15-14-9-5-3-8(12)4-6-9/h3-6,14H,2H2,1H3/b15-10-. The van der Waals surface area contributed by atoms with E-state index in [1.807, 2.05) is 0 Å². The number of hydrazone groups is 1. The lowest BCUT2D eigenvalue weighted by Gasteiger charge is -2.01. The van der Waals surface area contributed by atoms with E-state index in [9.17, 15) is 4.79 Å². The Morgan fingerprint density at radius 3 is 2.71 bits per heavy atom. The Kier molecular flexibility index (Phi) is 4.98. The van der Waals surface area contributed by atoms with Crippen LogP contribution in [-0.2, 0) is 9.53 Å². The average molecular weight is 252 g/mol. The average Bonchev–Trinajstić information content (AvgIpc) is 2.32. The van der Waals surface area contributed by atoms with E-state index in [1.54, 1.807) is 37.3 Å². The summed E-state index contributed by atoms with van der Waals surface area (Å²) >= 11 is 5.70. The van der Waals surface area contributed by atoms with Gasteiger partial charge >= 0.3 is 5.97 Å². The van der Waals surface area contributed by atoms with Crippen LogP contribution < -0.4 is 5.43 Å². The van der Waals surface area contributed by atoms with Gasteiger partial charge in [0.2, 0.25) is 5.71 Å². The third-order valence-corrected chi connectivity index (χ3v) is 1.97. The van der Waals surface area contributed by atoms with E-state index < -0.39 is 5.97 Å². The fourth-order valence-corrected chi connectivity index (χ4v) is 1.09. The Morgan fingerprint density at radius 1 is 1.53 bits per heavy atom. The van der Waals surface area contributed by atoms with Gasteiger partial charge in [0.05, 0.1) is 12.3 Å². The second-order valence-corrected chi connectivity index (χ2v) is 3.35. The number of esters is 1. The molecule has 1 aromatic rings. The van der Waals surface area contributed by atoms with Gasteiger partial charge in [0.15, 0.2) is 0 Å². The second kappa shape index (κ2) is 6.51. The molecule has 5 nitrogen and oxygen atoms in total. The van der Waals surface area contributed by atoms with Crippen LogP contribution in [0.4, 0.5) is 5.69 Å². The van der Waals surface area contributed by atoms with Crippen molar-refractivity contribution in [2.75, 3.05) is 12.0 Å². The molecule has 1 rings (SSSR count). The molecule has 6 heteroatoms. The first-order valence-electron chi connectivity index (χ1n) is 4.84. The van der Waals surface area contributed by atoms with E-state index >= 15 is 0 Å². The van der Waals surface area contributed by atoms with Crippen LogP contribution in [-0.4, -0.2) is 18.3 Å². The van der Waals surface area contributed by atoms with Crippen molar-refractivity contribution in [3.05, 3.63) is 29.3 Å². The summed E-state index contributed by atoms with van der Waals surface area (Å²) in [5, 5.41) is 12.9. The number of benzene rings is 1. The summed E-state index contributed by atoms with van der Waals surface area (Å²) in [5.74, 6) is -0.753. The molecule has 0 atom stereocenters. The van der Waals surface area contributed by atoms with Gasteiger partial charge in [-0.2, -0.15) is 10.4 Å². The van der Waals surface area contributed by atoms with Gasteiger partial charge in [0.25, 0.3) is 0 Å². The molecule has 0 amide bonds. The van der Waals surface area contributed by atoms with Crippen LogP contribution in [0, 0.1) is 11.3 Å². The molecule has 1 N–H and O–H groups in total. The van der Waals surface area contributed by atoms with Gasteiger partial charge < -0.3 is 4.74 Å². The molecule has 0 aliphatic carbocycles. The molecule has 17 heavy (non-hydrogen) atoms. The number of nitrogens with zero attached hydrogens (tertiary/aromatic N) is 2. The number of hydrogen-bond donors (Lipinski definition) is 1. The van der Waals surface area contributed by atoms with Gasteiger partial charge in [0.1, 0.15) is 6.07 Å². The summed E-state index contributed by atoms with van der Waals surface area (Å²) in [4.78, 5) is 11.2. The first-order valence-corrected chi connectivity index (χ1v) is 5.21. The van der Waals surface area contributed by atoms with Crippen LogP contribution in [0.2, 0.25) is 5.02 Å². The Hall–Kier alpha value is -2.06. The summed E-state index contributed by atoms with van der Waals surface area (Å²) in [5.41, 5.74) is 2.85. The van der Waals surface area contributed by atoms with E-state index in [0.717, 1.165) is 0 Å². The highest BCUT2D eigenvalue weighted by molar-refractivity contribution is 6.43. The highest BCUT2D eigenvalue weighted by atomic mass is 35.5. The molecule has 0 saturated heterocycles. The van der Waals surface area contributed by atoms with Gasteiger partial charge in [0, 0.05) is 5.02 Å². The van der Waals surface area contributed by atoms with Crippen molar-refractivity contribution in [1.82, 2.24) is 0 Å². The zero-order valence-electron chi connectivity index (χ0n) is 9.11. The molecule has 0 fully saturated rings. The van der Waals surface area contributed by atoms with Crippen molar-refractivity contribution in [2.24, 2.45) is 5.10 Å². The molecule has 0 unspecified atom stereocenters. The quantitative estimate of drug-likeness (QED) is 0.506. The summed E-state index contributed by atoms with van der Waals surface area (Å²) in [6.45, 7) is 1.85. The number of halogens is 1. The number of carbonyl (C=O) groups is 1. The van der Waals surface area contributed by atoms with Crippen molar-refractivity contribution in [1.29, 1.82) is 5.26 Å². The Balaban J connectivity index is 2.71. The molecule has 0 aliphatic rings. The molecule has 0 radical (unpaired) electrons. The fourth-order valence-electron chi connectivity index (χ4n) is 0.961. The minimum absolute atomic E-state index is 0.195. The van der Waals surface area contributed by atoms with E-state index in [1.165, 1.54) is 0 Å². The van der Waals surface area contributed by atoms with Crippen molar-refractivity contribution in [3.63, 3.8) is 0 Å². The maximum Gasteiger partial charge on any atom is 0.369 e. The number of carbonyl (C=O) groups excluding carboxylic acids is 1. The molecular formula is C11H10ClN3O2. The fraction of sp³-hybridized carbons (Fsp3) is 0.182. The number of ether oxygens (including phenoxy) is 1. The van der Waals surface area contributed by atoms with Gasteiger partial charge in [-0.1, -0.05) is 11.6 Å². The number of anilines is 1. The zero-order valence-corrected chi connectivity index (χ0v) is 9.86. The zero-order chi connectivity index (χ0) is 12.7.